The maximum atomic E-state index is 13.6. The van der Waals surface area contributed by atoms with Gasteiger partial charge in [-0.3, -0.25) is 9.78 Å². The van der Waals surface area contributed by atoms with Crippen LogP contribution in [0.1, 0.15) is 35.4 Å². The van der Waals surface area contributed by atoms with Crippen molar-refractivity contribution >= 4 is 23.2 Å². The summed E-state index contributed by atoms with van der Waals surface area (Å²) in [5, 5.41) is 5.44. The lowest BCUT2D eigenvalue weighted by molar-refractivity contribution is 0.102. The van der Waals surface area contributed by atoms with E-state index in [1.807, 2.05) is 6.07 Å². The molecule has 0 saturated heterocycles. The molecule has 5 rings (SSSR count). The molecule has 2 aromatic carbocycles. The Kier molecular flexibility index (Phi) is 4.55. The number of nitrogens with one attached hydrogen (secondary N) is 2. The molecule has 0 aliphatic carbocycles. The molecule has 0 bridgehead atoms. The van der Waals surface area contributed by atoms with Crippen LogP contribution in [-0.4, -0.2) is 30.4 Å². The number of anilines is 3. The lowest BCUT2D eigenvalue weighted by atomic mass is 10.1. The highest BCUT2D eigenvalue weighted by molar-refractivity contribution is 6.05. The number of pyridine rings is 1. The van der Waals surface area contributed by atoms with Gasteiger partial charge < -0.3 is 15.2 Å². The molecular weight excluding hydrogens is 450 g/mol. The molecule has 1 amide bonds. The molecule has 3 heterocycles. The van der Waals surface area contributed by atoms with E-state index in [1.165, 1.54) is 24.0 Å². The Morgan fingerprint density at radius 2 is 1.92 bits per heavy atom. The minimum atomic E-state index is -0.946. The Morgan fingerprint density at radius 1 is 1.03 bits per heavy atom. The Labute approximate surface area is 217 Å². The molecule has 0 radical (unpaired) electrons. The quantitative estimate of drug-likeness (QED) is 0.325. The van der Waals surface area contributed by atoms with E-state index < -0.39 is 17.5 Å². The zero-order valence-electron chi connectivity index (χ0n) is 25.8. The standard InChI is InChI=1S/C28H25N7O/c1-18-11-23(14-24(12-18)35-16-20(3)31-17-35)32-27(36)21-7-6-19(2)26(13-21)34-28-30-10-8-25(33-28)22-5-4-9-29-15-22/h4-17H,1-3H3,(H,32,36)(H,30,33,34)/i6D,7D,11D,12D,13D,14D. The largest absolute Gasteiger partial charge is 0.324 e. The predicted molar refractivity (Wildman–Crippen MR) is 141 cm³/mol. The first kappa shape index (κ1) is 16.7. The van der Waals surface area contributed by atoms with Crippen molar-refractivity contribution in [3.05, 3.63) is 108 Å². The maximum absolute atomic E-state index is 13.6. The fourth-order valence-electron chi connectivity index (χ4n) is 3.40. The molecule has 0 spiro atoms. The molecule has 3 aromatic heterocycles. The molecule has 178 valence electrons. The van der Waals surface area contributed by atoms with Crippen LogP contribution in [0.4, 0.5) is 17.3 Å². The lowest BCUT2D eigenvalue weighted by Crippen LogP contribution is -2.13. The average molecular weight is 482 g/mol. The lowest BCUT2D eigenvalue weighted by Gasteiger charge is -2.13. The number of benzene rings is 2. The molecule has 0 aliphatic rings. The molecule has 0 atom stereocenters. The first-order valence-electron chi connectivity index (χ1n) is 14.0. The molecule has 8 heteroatoms. The van der Waals surface area contributed by atoms with Gasteiger partial charge in [0, 0.05) is 53.0 Å². The summed E-state index contributed by atoms with van der Waals surface area (Å²) < 4.78 is 53.0. The number of imidazole rings is 1. The van der Waals surface area contributed by atoms with Crippen molar-refractivity contribution in [3.8, 4) is 16.9 Å². The number of aromatic nitrogens is 5. The van der Waals surface area contributed by atoms with Crippen LogP contribution in [0.5, 0.6) is 0 Å². The van der Waals surface area contributed by atoms with Crippen LogP contribution in [0.15, 0.2) is 85.6 Å². The van der Waals surface area contributed by atoms with Crippen molar-refractivity contribution in [2.75, 3.05) is 10.6 Å². The number of hydrogen-bond acceptors (Lipinski definition) is 6. The highest BCUT2D eigenvalue weighted by Gasteiger charge is 2.12. The van der Waals surface area contributed by atoms with Gasteiger partial charge in [0.05, 0.1) is 25.9 Å². The van der Waals surface area contributed by atoms with Crippen LogP contribution >= 0.6 is 0 Å². The third-order valence-corrected chi connectivity index (χ3v) is 5.15. The van der Waals surface area contributed by atoms with E-state index >= 15 is 0 Å². The smallest absolute Gasteiger partial charge is 0.255 e. The van der Waals surface area contributed by atoms with Gasteiger partial charge in [0.15, 0.2) is 0 Å². The van der Waals surface area contributed by atoms with Crippen LogP contribution in [0.2, 0.25) is 0 Å². The van der Waals surface area contributed by atoms with Crippen molar-refractivity contribution < 1.29 is 13.0 Å². The second-order valence-electron chi connectivity index (χ2n) is 7.98. The second-order valence-corrected chi connectivity index (χ2v) is 7.98. The normalized spacial score (nSPS) is 13.1. The highest BCUT2D eigenvalue weighted by atomic mass is 16.1. The van der Waals surface area contributed by atoms with E-state index in [4.69, 9.17) is 8.22 Å². The third-order valence-electron chi connectivity index (χ3n) is 5.15. The predicted octanol–water partition coefficient (Wildman–Crippen LogP) is 5.65. The first-order chi connectivity index (χ1) is 20.0. The molecule has 5 aromatic rings. The van der Waals surface area contributed by atoms with Gasteiger partial charge in [0.25, 0.3) is 5.91 Å². The van der Waals surface area contributed by atoms with Gasteiger partial charge in [-0.05, 0) is 80.3 Å². The zero-order valence-corrected chi connectivity index (χ0v) is 19.8. The fraction of sp³-hybridized carbons (Fsp3) is 0.107. The Morgan fingerprint density at radius 3 is 2.69 bits per heavy atom. The minimum absolute atomic E-state index is 0.0634. The van der Waals surface area contributed by atoms with Crippen LogP contribution in [0.25, 0.3) is 16.9 Å². The molecule has 36 heavy (non-hydrogen) atoms. The Balaban J connectivity index is 1.55. The van der Waals surface area contributed by atoms with Crippen molar-refractivity contribution in [1.29, 1.82) is 0 Å². The monoisotopic (exact) mass is 481 g/mol. The molecule has 2 N–H and O–H groups in total. The zero-order chi connectivity index (χ0) is 30.3. The molecule has 0 saturated carbocycles. The highest BCUT2D eigenvalue weighted by Crippen LogP contribution is 2.24. The Bertz CT molecular complexity index is 1860. The topological polar surface area (TPSA) is 97.6 Å². The number of rotatable bonds is 6. The molecule has 0 unspecified atom stereocenters. The van der Waals surface area contributed by atoms with Crippen LogP contribution in [-0.2, 0) is 0 Å². The summed E-state index contributed by atoms with van der Waals surface area (Å²) in [6.45, 7) is 4.84. The van der Waals surface area contributed by atoms with Gasteiger partial charge in [-0.25, -0.2) is 15.0 Å². The third kappa shape index (κ3) is 5.12. The summed E-state index contributed by atoms with van der Waals surface area (Å²) in [7, 11) is 0. The van der Waals surface area contributed by atoms with Gasteiger partial charge >= 0.3 is 0 Å². The maximum Gasteiger partial charge on any atom is 0.255 e. The summed E-state index contributed by atoms with van der Waals surface area (Å²) in [6, 6.07) is 3.54. The molecular formula is C28H25N7O. The van der Waals surface area contributed by atoms with Crippen LogP contribution in [0, 0.1) is 20.8 Å². The SMILES string of the molecule is [2H]c1c([2H])c(C(=O)Nc2c([2H])c(C)c([2H])c(-n3cnc(C)c3)c2[2H])c([2H])c(Nc2nccc(-c3cccnc3)n2)c1C. The first-order valence-corrected chi connectivity index (χ1v) is 11.0. The molecule has 0 fully saturated rings. The van der Waals surface area contributed by atoms with Crippen molar-refractivity contribution in [2.24, 2.45) is 0 Å². The fourth-order valence-corrected chi connectivity index (χ4v) is 3.40. The number of amides is 1. The number of nitrogens with zero attached hydrogens (tertiary/aromatic N) is 5. The van der Waals surface area contributed by atoms with E-state index in [-0.39, 0.29) is 64.3 Å². The minimum Gasteiger partial charge on any atom is -0.324 e. The van der Waals surface area contributed by atoms with Gasteiger partial charge in [-0.1, -0.05) is 6.04 Å². The van der Waals surface area contributed by atoms with E-state index in [0.29, 0.717) is 11.4 Å². The summed E-state index contributed by atoms with van der Waals surface area (Å²) in [5.74, 6) is -0.835. The molecule has 8 nitrogen and oxygen atoms in total. The van der Waals surface area contributed by atoms with Gasteiger partial charge in [-0.2, -0.15) is 0 Å². The number of aryl methyl sites for hydroxylation is 1. The second kappa shape index (κ2) is 9.79. The van der Waals surface area contributed by atoms with Gasteiger partial charge in [0.1, 0.15) is 0 Å². The average Bonchev–Trinajstić information content (AvgIpc) is 3.41. The van der Waals surface area contributed by atoms with Gasteiger partial charge in [-0.15, -0.1) is 0 Å². The van der Waals surface area contributed by atoms with E-state index in [0.717, 1.165) is 5.56 Å². The number of carbonyl (C=O) groups is 1. The number of hydrogen-bond donors (Lipinski definition) is 2. The van der Waals surface area contributed by atoms with Crippen molar-refractivity contribution in [2.45, 2.75) is 20.8 Å². The molecule has 0 aliphatic heterocycles. The van der Waals surface area contributed by atoms with Crippen LogP contribution in [0.3, 0.4) is 0 Å². The van der Waals surface area contributed by atoms with E-state index in [1.54, 1.807) is 44.6 Å². The summed E-state index contributed by atoms with van der Waals surface area (Å²) in [4.78, 5) is 30.5. The number of carbonyl (C=O) groups excluding carboxylic acids is 1. The summed E-state index contributed by atoms with van der Waals surface area (Å²) in [6.07, 6.45) is 7.87. The Hall–Kier alpha value is -4.85. The van der Waals surface area contributed by atoms with Crippen molar-refractivity contribution in [1.82, 2.24) is 24.5 Å². The van der Waals surface area contributed by atoms with Gasteiger partial charge in [0.2, 0.25) is 5.95 Å². The summed E-state index contributed by atoms with van der Waals surface area (Å²) >= 11 is 0. The van der Waals surface area contributed by atoms with Crippen molar-refractivity contribution in [3.63, 3.8) is 0 Å². The summed E-state index contributed by atoms with van der Waals surface area (Å²) in [5.41, 5.74) is 1.99. The van der Waals surface area contributed by atoms with E-state index in [9.17, 15) is 4.79 Å². The van der Waals surface area contributed by atoms with Crippen LogP contribution < -0.4 is 10.6 Å². The van der Waals surface area contributed by atoms with E-state index in [2.05, 4.69) is 30.6 Å².